The molecule has 4 nitrogen and oxygen atoms in total. The van der Waals surface area contributed by atoms with E-state index in [0.29, 0.717) is 0 Å². The summed E-state index contributed by atoms with van der Waals surface area (Å²) in [6, 6.07) is 25.1. The van der Waals surface area contributed by atoms with Crippen molar-refractivity contribution in [3.63, 3.8) is 0 Å². The van der Waals surface area contributed by atoms with Crippen molar-refractivity contribution in [3.8, 4) is 17.1 Å². The van der Waals surface area contributed by atoms with E-state index in [-0.39, 0.29) is 5.41 Å². The smallest absolute Gasteiger partial charge is 0.178 e. The summed E-state index contributed by atoms with van der Waals surface area (Å²) < 4.78 is 8.61. The van der Waals surface area contributed by atoms with E-state index in [0.717, 1.165) is 50.2 Å². The maximum atomic E-state index is 6.41. The van der Waals surface area contributed by atoms with Crippen molar-refractivity contribution < 1.29 is 4.42 Å². The number of hydrogen-bond donors (Lipinski definition) is 0. The van der Waals surface area contributed by atoms with E-state index in [2.05, 4.69) is 86.9 Å². The average molecular weight is 432 g/mol. The van der Waals surface area contributed by atoms with Gasteiger partial charge >= 0.3 is 0 Å². The SMILES string of the molecule is Cc1ccc(-c2nc3ncc(C(C)(C)C)cc3n2-c2ccccc2)c2oc3ccccc3c12. The van der Waals surface area contributed by atoms with Gasteiger partial charge < -0.3 is 4.42 Å². The molecule has 6 rings (SSSR count). The Hall–Kier alpha value is -3.92. The highest BCUT2D eigenvalue weighted by atomic mass is 16.3. The molecule has 0 N–H and O–H groups in total. The van der Waals surface area contributed by atoms with E-state index in [1.807, 2.05) is 24.4 Å². The molecule has 0 saturated carbocycles. The van der Waals surface area contributed by atoms with Crippen molar-refractivity contribution in [2.45, 2.75) is 33.1 Å². The molecule has 0 unspecified atom stereocenters. The van der Waals surface area contributed by atoms with Crippen LogP contribution in [0.5, 0.6) is 0 Å². The van der Waals surface area contributed by atoms with Gasteiger partial charge in [-0.05, 0) is 53.8 Å². The molecule has 0 aliphatic rings. The third kappa shape index (κ3) is 3.05. The molecule has 3 aromatic carbocycles. The zero-order valence-electron chi connectivity index (χ0n) is 19.3. The Morgan fingerprint density at radius 1 is 0.879 bits per heavy atom. The van der Waals surface area contributed by atoms with Crippen LogP contribution in [0.4, 0.5) is 0 Å². The van der Waals surface area contributed by atoms with E-state index in [1.54, 1.807) is 0 Å². The quantitative estimate of drug-likeness (QED) is 0.284. The lowest BCUT2D eigenvalue weighted by Crippen LogP contribution is -2.11. The first-order chi connectivity index (χ1) is 15.9. The van der Waals surface area contributed by atoms with Gasteiger partial charge in [0.2, 0.25) is 0 Å². The van der Waals surface area contributed by atoms with Gasteiger partial charge in [-0.3, -0.25) is 4.57 Å². The molecule has 162 valence electrons. The number of aromatic nitrogens is 3. The predicted octanol–water partition coefficient (Wildman–Crippen LogP) is 7.59. The number of nitrogens with zero attached hydrogens (tertiary/aromatic N) is 3. The molecule has 3 heterocycles. The highest BCUT2D eigenvalue weighted by molar-refractivity contribution is 6.11. The number of imidazole rings is 1. The summed E-state index contributed by atoms with van der Waals surface area (Å²) in [5, 5.41) is 2.26. The van der Waals surface area contributed by atoms with Crippen molar-refractivity contribution in [1.29, 1.82) is 0 Å². The summed E-state index contributed by atoms with van der Waals surface area (Å²) in [5.74, 6) is 0.832. The van der Waals surface area contributed by atoms with Gasteiger partial charge in [0, 0.05) is 22.7 Å². The van der Waals surface area contributed by atoms with E-state index >= 15 is 0 Å². The van der Waals surface area contributed by atoms with Crippen LogP contribution in [0.1, 0.15) is 31.9 Å². The van der Waals surface area contributed by atoms with Crippen molar-refractivity contribution >= 4 is 33.1 Å². The van der Waals surface area contributed by atoms with Crippen LogP contribution in [-0.2, 0) is 5.41 Å². The molecule has 33 heavy (non-hydrogen) atoms. The van der Waals surface area contributed by atoms with Crippen molar-refractivity contribution in [1.82, 2.24) is 14.5 Å². The molecular formula is C29H25N3O. The van der Waals surface area contributed by atoms with Crippen molar-refractivity contribution in [2.24, 2.45) is 0 Å². The van der Waals surface area contributed by atoms with Gasteiger partial charge in [-0.1, -0.05) is 63.2 Å². The molecule has 0 saturated heterocycles. The minimum atomic E-state index is -0.0109. The molecule has 0 spiro atoms. The van der Waals surface area contributed by atoms with E-state index in [4.69, 9.17) is 14.4 Å². The number of pyridine rings is 1. The zero-order valence-corrected chi connectivity index (χ0v) is 19.3. The third-order valence-electron chi connectivity index (χ3n) is 6.37. The van der Waals surface area contributed by atoms with Gasteiger partial charge in [-0.25, -0.2) is 9.97 Å². The highest BCUT2D eigenvalue weighted by Crippen LogP contribution is 2.39. The van der Waals surface area contributed by atoms with Crippen LogP contribution < -0.4 is 0 Å². The zero-order chi connectivity index (χ0) is 22.7. The molecule has 0 aliphatic carbocycles. The van der Waals surface area contributed by atoms with Crippen LogP contribution in [-0.4, -0.2) is 14.5 Å². The number of aryl methyl sites for hydroxylation is 1. The summed E-state index contributed by atoms with van der Waals surface area (Å²) in [5.41, 5.74) is 7.84. The van der Waals surface area contributed by atoms with Gasteiger partial charge in [0.25, 0.3) is 0 Å². The first-order valence-electron chi connectivity index (χ1n) is 11.3. The molecule has 6 aromatic rings. The fourth-order valence-electron chi connectivity index (χ4n) is 4.56. The Morgan fingerprint density at radius 2 is 1.64 bits per heavy atom. The molecule has 0 atom stereocenters. The summed E-state index contributed by atoms with van der Waals surface area (Å²) in [7, 11) is 0. The van der Waals surface area contributed by atoms with Crippen LogP contribution >= 0.6 is 0 Å². The second-order valence-corrected chi connectivity index (χ2v) is 9.66. The number of fused-ring (bicyclic) bond motifs is 4. The Morgan fingerprint density at radius 3 is 2.42 bits per heavy atom. The highest BCUT2D eigenvalue weighted by Gasteiger charge is 2.23. The van der Waals surface area contributed by atoms with Crippen LogP contribution in [0.3, 0.4) is 0 Å². The average Bonchev–Trinajstić information content (AvgIpc) is 3.38. The summed E-state index contributed by atoms with van der Waals surface area (Å²) in [4.78, 5) is 9.78. The maximum absolute atomic E-state index is 6.41. The lowest BCUT2D eigenvalue weighted by Gasteiger charge is -2.18. The fourth-order valence-corrected chi connectivity index (χ4v) is 4.56. The molecule has 0 fully saturated rings. The Balaban J connectivity index is 1.73. The molecule has 0 aliphatic heterocycles. The van der Waals surface area contributed by atoms with Gasteiger partial charge in [0.15, 0.2) is 11.5 Å². The van der Waals surface area contributed by atoms with Crippen LogP contribution in [0.15, 0.2) is 83.4 Å². The number of rotatable bonds is 2. The van der Waals surface area contributed by atoms with Crippen LogP contribution in [0.25, 0.3) is 50.2 Å². The van der Waals surface area contributed by atoms with E-state index in [9.17, 15) is 0 Å². The first-order valence-corrected chi connectivity index (χ1v) is 11.3. The maximum Gasteiger partial charge on any atom is 0.178 e. The van der Waals surface area contributed by atoms with Gasteiger partial charge in [-0.2, -0.15) is 0 Å². The van der Waals surface area contributed by atoms with E-state index in [1.165, 1.54) is 11.1 Å². The standard InChI is InChI=1S/C29H25N3O/c1-18-14-15-22(26-25(18)21-12-8-9-13-24(21)33-26)28-31-27-23(16-19(17-30-27)29(2,3)4)32(28)20-10-6-5-7-11-20/h5-17H,1-4H3. The van der Waals surface area contributed by atoms with Crippen LogP contribution in [0.2, 0.25) is 0 Å². The largest absolute Gasteiger partial charge is 0.455 e. The first kappa shape index (κ1) is 19.7. The molecular weight excluding hydrogens is 406 g/mol. The second-order valence-electron chi connectivity index (χ2n) is 9.66. The van der Waals surface area contributed by atoms with Gasteiger partial charge in [0.1, 0.15) is 11.2 Å². The molecule has 0 bridgehead atoms. The van der Waals surface area contributed by atoms with Gasteiger partial charge in [0.05, 0.1) is 11.1 Å². The van der Waals surface area contributed by atoms with Crippen molar-refractivity contribution in [3.05, 3.63) is 90.1 Å². The van der Waals surface area contributed by atoms with Crippen molar-refractivity contribution in [2.75, 3.05) is 0 Å². The normalized spacial score (nSPS) is 12.2. The van der Waals surface area contributed by atoms with Gasteiger partial charge in [-0.15, -0.1) is 0 Å². The predicted molar refractivity (Wildman–Crippen MR) is 135 cm³/mol. The lowest BCUT2D eigenvalue weighted by atomic mass is 9.88. The van der Waals surface area contributed by atoms with Crippen LogP contribution in [0, 0.1) is 6.92 Å². The number of benzene rings is 3. The minimum Gasteiger partial charge on any atom is -0.455 e. The summed E-state index contributed by atoms with van der Waals surface area (Å²) >= 11 is 0. The third-order valence-corrected chi connectivity index (χ3v) is 6.37. The van der Waals surface area contributed by atoms with E-state index < -0.39 is 0 Å². The number of furan rings is 1. The summed E-state index contributed by atoms with van der Waals surface area (Å²) in [6.45, 7) is 8.75. The molecule has 4 heteroatoms. The topological polar surface area (TPSA) is 43.9 Å². The fraction of sp³-hybridized carbons (Fsp3) is 0.172. The number of para-hydroxylation sites is 2. The monoisotopic (exact) mass is 431 g/mol. The Kier molecular flexibility index (Phi) is 4.21. The second kappa shape index (κ2) is 7.04. The minimum absolute atomic E-state index is 0.0109. The Labute approximate surface area is 192 Å². The Bertz CT molecular complexity index is 1650. The molecule has 0 radical (unpaired) electrons. The lowest BCUT2D eigenvalue weighted by molar-refractivity contribution is 0.588. The molecule has 3 aromatic heterocycles. The number of hydrogen-bond acceptors (Lipinski definition) is 3. The summed E-state index contributed by atoms with van der Waals surface area (Å²) in [6.07, 6.45) is 1.94. The molecule has 0 amide bonds.